The van der Waals surface area contributed by atoms with Crippen molar-refractivity contribution in [3.8, 4) is 0 Å². The molecule has 1 fully saturated rings. The van der Waals surface area contributed by atoms with Crippen LogP contribution in [0.1, 0.15) is 25.3 Å². The highest BCUT2D eigenvalue weighted by Gasteiger charge is 2.33. The topological polar surface area (TPSA) is 35.2 Å². The smallest absolute Gasteiger partial charge is 0.0515 e. The van der Waals surface area contributed by atoms with E-state index in [2.05, 4.69) is 6.92 Å². The van der Waals surface area contributed by atoms with Crippen molar-refractivity contribution < 1.29 is 4.74 Å². The molecule has 0 aliphatic carbocycles. The van der Waals surface area contributed by atoms with Gasteiger partial charge in [0.25, 0.3) is 0 Å². The molecule has 1 saturated heterocycles. The van der Waals surface area contributed by atoms with Crippen LogP contribution in [0.5, 0.6) is 0 Å². The van der Waals surface area contributed by atoms with Gasteiger partial charge < -0.3 is 10.5 Å². The van der Waals surface area contributed by atoms with Crippen molar-refractivity contribution >= 4 is 11.6 Å². The van der Waals surface area contributed by atoms with E-state index in [1.54, 1.807) is 0 Å². The summed E-state index contributed by atoms with van der Waals surface area (Å²) >= 11 is 5.88. The second-order valence-electron chi connectivity index (χ2n) is 4.70. The first-order valence-corrected chi connectivity index (χ1v) is 6.11. The Labute approximate surface area is 102 Å². The third-order valence-corrected chi connectivity index (χ3v) is 3.73. The number of nitrogens with two attached hydrogens (primary N) is 1. The molecule has 2 rings (SSSR count). The first-order chi connectivity index (χ1) is 7.60. The molecule has 0 aromatic heterocycles. The van der Waals surface area contributed by atoms with Crippen LogP contribution in [-0.4, -0.2) is 13.2 Å². The normalized spacial score (nSPS) is 25.1. The maximum atomic E-state index is 6.44. The van der Waals surface area contributed by atoms with E-state index in [9.17, 15) is 0 Å². The predicted octanol–water partition coefficient (Wildman–Crippen LogP) is 2.94. The lowest BCUT2D eigenvalue weighted by Crippen LogP contribution is -2.44. The zero-order valence-corrected chi connectivity index (χ0v) is 10.3. The summed E-state index contributed by atoms with van der Waals surface area (Å²) in [5.74, 6) is 0.391. The van der Waals surface area contributed by atoms with Crippen LogP contribution in [-0.2, 0) is 10.3 Å². The summed E-state index contributed by atoms with van der Waals surface area (Å²) in [6.45, 7) is 3.71. The van der Waals surface area contributed by atoms with Crippen molar-refractivity contribution in [2.24, 2.45) is 11.7 Å². The Morgan fingerprint density at radius 1 is 1.38 bits per heavy atom. The molecule has 16 heavy (non-hydrogen) atoms. The van der Waals surface area contributed by atoms with Gasteiger partial charge in [0.05, 0.1) is 6.61 Å². The van der Waals surface area contributed by atoms with Crippen molar-refractivity contribution in [1.82, 2.24) is 0 Å². The molecule has 1 heterocycles. The Morgan fingerprint density at radius 2 is 2.06 bits per heavy atom. The Morgan fingerprint density at radius 3 is 2.62 bits per heavy atom. The van der Waals surface area contributed by atoms with Gasteiger partial charge in [0, 0.05) is 23.1 Å². The van der Waals surface area contributed by atoms with E-state index < -0.39 is 0 Å². The molecule has 3 heteroatoms. The quantitative estimate of drug-likeness (QED) is 0.861. The van der Waals surface area contributed by atoms with Gasteiger partial charge in [0.1, 0.15) is 0 Å². The van der Waals surface area contributed by atoms with E-state index in [1.165, 1.54) is 0 Å². The Kier molecular flexibility index (Phi) is 3.53. The third kappa shape index (κ3) is 2.40. The summed E-state index contributed by atoms with van der Waals surface area (Å²) in [6.07, 6.45) is 2.24. The van der Waals surface area contributed by atoms with Gasteiger partial charge in [-0.25, -0.2) is 0 Å². The van der Waals surface area contributed by atoms with E-state index in [-0.39, 0.29) is 5.54 Å². The highest BCUT2D eigenvalue weighted by molar-refractivity contribution is 6.30. The molecule has 2 atom stereocenters. The van der Waals surface area contributed by atoms with Gasteiger partial charge in [0.2, 0.25) is 0 Å². The van der Waals surface area contributed by atoms with Crippen molar-refractivity contribution in [2.75, 3.05) is 13.2 Å². The van der Waals surface area contributed by atoms with Crippen molar-refractivity contribution in [2.45, 2.75) is 25.3 Å². The summed E-state index contributed by atoms with van der Waals surface area (Å²) in [6, 6.07) is 7.81. The molecule has 1 aliphatic heterocycles. The van der Waals surface area contributed by atoms with Crippen LogP contribution in [0.4, 0.5) is 0 Å². The number of ether oxygens (including phenoxy) is 1. The zero-order valence-electron chi connectivity index (χ0n) is 9.58. The van der Waals surface area contributed by atoms with Gasteiger partial charge in [0.15, 0.2) is 0 Å². The molecular formula is C13H18ClNO. The van der Waals surface area contributed by atoms with E-state index in [0.29, 0.717) is 5.92 Å². The van der Waals surface area contributed by atoms with Crippen LogP contribution in [0.25, 0.3) is 0 Å². The summed E-state index contributed by atoms with van der Waals surface area (Å²) in [4.78, 5) is 0. The molecule has 0 radical (unpaired) electrons. The van der Waals surface area contributed by atoms with Crippen LogP contribution in [0.2, 0.25) is 5.02 Å². The van der Waals surface area contributed by atoms with Crippen LogP contribution >= 0.6 is 11.6 Å². The fourth-order valence-corrected chi connectivity index (χ4v) is 2.38. The van der Waals surface area contributed by atoms with Gasteiger partial charge in [-0.15, -0.1) is 0 Å². The molecule has 1 aromatic rings. The standard InChI is InChI=1S/C13H18ClNO/c1-13(15,11-3-2-8-16-9-11)10-4-6-12(14)7-5-10/h4-7,11H,2-3,8-9,15H2,1H3. The SMILES string of the molecule is CC(N)(c1ccc(Cl)cc1)C1CCCOC1. The summed E-state index contributed by atoms with van der Waals surface area (Å²) in [5.41, 5.74) is 7.24. The fourth-order valence-electron chi connectivity index (χ4n) is 2.26. The molecule has 2 nitrogen and oxygen atoms in total. The Bertz CT molecular complexity index is 341. The molecule has 1 aromatic carbocycles. The first-order valence-electron chi connectivity index (χ1n) is 5.73. The number of benzene rings is 1. The second-order valence-corrected chi connectivity index (χ2v) is 5.14. The molecule has 0 bridgehead atoms. The number of halogens is 1. The minimum atomic E-state index is -0.328. The molecule has 1 aliphatic rings. The average molecular weight is 240 g/mol. The van der Waals surface area contributed by atoms with Crippen molar-refractivity contribution in [3.05, 3.63) is 34.9 Å². The maximum absolute atomic E-state index is 6.44. The summed E-state index contributed by atoms with van der Waals surface area (Å²) in [5, 5.41) is 0.749. The van der Waals surface area contributed by atoms with Gasteiger partial charge >= 0.3 is 0 Å². The van der Waals surface area contributed by atoms with E-state index in [1.807, 2.05) is 24.3 Å². The van der Waals surface area contributed by atoms with E-state index >= 15 is 0 Å². The third-order valence-electron chi connectivity index (χ3n) is 3.47. The minimum absolute atomic E-state index is 0.328. The van der Waals surface area contributed by atoms with Gasteiger partial charge in [-0.05, 0) is 37.5 Å². The summed E-state index contributed by atoms with van der Waals surface area (Å²) < 4.78 is 5.51. The fraction of sp³-hybridized carbons (Fsp3) is 0.538. The highest BCUT2D eigenvalue weighted by atomic mass is 35.5. The number of hydrogen-bond donors (Lipinski definition) is 1. The van der Waals surface area contributed by atoms with E-state index in [4.69, 9.17) is 22.1 Å². The van der Waals surface area contributed by atoms with Crippen LogP contribution < -0.4 is 5.73 Å². The Hall–Kier alpha value is -0.570. The lowest BCUT2D eigenvalue weighted by atomic mass is 9.78. The molecule has 0 spiro atoms. The highest BCUT2D eigenvalue weighted by Crippen LogP contribution is 2.32. The average Bonchev–Trinajstić information content (AvgIpc) is 2.31. The first kappa shape index (κ1) is 11.9. The molecule has 2 N–H and O–H groups in total. The lowest BCUT2D eigenvalue weighted by Gasteiger charge is -2.37. The molecule has 0 saturated carbocycles. The number of rotatable bonds is 2. The van der Waals surface area contributed by atoms with Crippen LogP contribution in [0.15, 0.2) is 24.3 Å². The molecule has 88 valence electrons. The molecule has 0 amide bonds. The Balaban J connectivity index is 2.19. The predicted molar refractivity (Wildman–Crippen MR) is 66.5 cm³/mol. The van der Waals surface area contributed by atoms with Crippen LogP contribution in [0, 0.1) is 5.92 Å². The minimum Gasteiger partial charge on any atom is -0.381 e. The maximum Gasteiger partial charge on any atom is 0.0515 e. The molecular weight excluding hydrogens is 222 g/mol. The second kappa shape index (κ2) is 4.74. The van der Waals surface area contributed by atoms with Crippen LogP contribution in [0.3, 0.4) is 0 Å². The summed E-state index contributed by atoms with van der Waals surface area (Å²) in [7, 11) is 0. The van der Waals surface area contributed by atoms with Crippen molar-refractivity contribution in [1.29, 1.82) is 0 Å². The monoisotopic (exact) mass is 239 g/mol. The number of hydrogen-bond acceptors (Lipinski definition) is 2. The van der Waals surface area contributed by atoms with Gasteiger partial charge in [-0.2, -0.15) is 0 Å². The molecule has 2 unspecified atom stereocenters. The van der Waals surface area contributed by atoms with E-state index in [0.717, 1.165) is 36.6 Å². The van der Waals surface area contributed by atoms with Gasteiger partial charge in [-0.1, -0.05) is 23.7 Å². The van der Waals surface area contributed by atoms with Gasteiger partial charge in [-0.3, -0.25) is 0 Å². The largest absolute Gasteiger partial charge is 0.381 e. The lowest BCUT2D eigenvalue weighted by molar-refractivity contribution is 0.0243. The zero-order chi connectivity index (χ0) is 11.6. The van der Waals surface area contributed by atoms with Crippen molar-refractivity contribution in [3.63, 3.8) is 0 Å².